The first-order valence-electron chi connectivity index (χ1n) is 17.4. The van der Waals surface area contributed by atoms with Gasteiger partial charge in [0.25, 0.3) is 0 Å². The summed E-state index contributed by atoms with van der Waals surface area (Å²) in [5, 5.41) is 20.8. The van der Waals surface area contributed by atoms with Crippen molar-refractivity contribution in [2.24, 2.45) is 0 Å². The van der Waals surface area contributed by atoms with Crippen molar-refractivity contribution >= 4 is 86.2 Å². The zero-order chi connectivity index (χ0) is 32.8. The maximum absolute atomic E-state index is 2.47. The van der Waals surface area contributed by atoms with Crippen LogP contribution in [0.2, 0.25) is 0 Å². The van der Waals surface area contributed by atoms with Crippen LogP contribution in [0.5, 0.6) is 0 Å². The molecule has 0 aliphatic heterocycles. The lowest BCUT2D eigenvalue weighted by atomic mass is 9.85. The van der Waals surface area contributed by atoms with Crippen LogP contribution in [-0.4, -0.2) is 0 Å². The Balaban J connectivity index is 1.30. The third-order valence-electron chi connectivity index (χ3n) is 11.0. The summed E-state index contributed by atoms with van der Waals surface area (Å²) in [7, 11) is 0. The molecule has 0 amide bonds. The Kier molecular flexibility index (Phi) is 5.76. The SMILES string of the molecule is c1ccc(-c2cc3c4ccccc4c(-c4ccc5c6ccccc6c6c7ccccc7c7ccccc7c6c5c4)cc3c3ccccc23)cc1. The predicted molar refractivity (Wildman–Crippen MR) is 217 cm³/mol. The molecule has 11 rings (SSSR count). The third-order valence-corrected chi connectivity index (χ3v) is 11.0. The van der Waals surface area contributed by atoms with Crippen LogP contribution in [0.25, 0.3) is 108 Å². The van der Waals surface area contributed by atoms with Crippen LogP contribution >= 0.6 is 0 Å². The molecule has 0 aromatic heterocycles. The number of hydrogen-bond donors (Lipinski definition) is 0. The van der Waals surface area contributed by atoms with Crippen molar-refractivity contribution < 1.29 is 0 Å². The van der Waals surface area contributed by atoms with Crippen LogP contribution in [0.3, 0.4) is 0 Å². The molecule has 0 radical (unpaired) electrons. The predicted octanol–water partition coefficient (Wildman–Crippen LogP) is 14.2. The second kappa shape index (κ2) is 10.5. The van der Waals surface area contributed by atoms with E-state index in [1.54, 1.807) is 0 Å². The highest BCUT2D eigenvalue weighted by Gasteiger charge is 2.18. The zero-order valence-electron chi connectivity index (χ0n) is 27.3. The molecule has 0 spiro atoms. The normalized spacial score (nSPS) is 12.0. The Morgan fingerprint density at radius 2 is 0.520 bits per heavy atom. The van der Waals surface area contributed by atoms with Crippen molar-refractivity contribution in [2.75, 3.05) is 0 Å². The van der Waals surface area contributed by atoms with Crippen LogP contribution in [0.1, 0.15) is 0 Å². The summed E-state index contributed by atoms with van der Waals surface area (Å²) in [6.07, 6.45) is 0. The van der Waals surface area contributed by atoms with Gasteiger partial charge in [0.2, 0.25) is 0 Å². The molecule has 0 N–H and O–H groups in total. The number of benzene rings is 11. The highest BCUT2D eigenvalue weighted by Crippen LogP contribution is 2.46. The molecule has 0 heteroatoms. The molecule has 0 fully saturated rings. The van der Waals surface area contributed by atoms with Crippen LogP contribution in [0.15, 0.2) is 182 Å². The number of fused-ring (bicyclic) bond motifs is 16. The zero-order valence-corrected chi connectivity index (χ0v) is 27.3. The van der Waals surface area contributed by atoms with Crippen molar-refractivity contribution in [1.82, 2.24) is 0 Å². The minimum Gasteiger partial charge on any atom is -0.0622 e. The second-order valence-corrected chi connectivity index (χ2v) is 13.5. The van der Waals surface area contributed by atoms with Crippen LogP contribution < -0.4 is 0 Å². The summed E-state index contributed by atoms with van der Waals surface area (Å²) >= 11 is 0. The van der Waals surface area contributed by atoms with Crippen LogP contribution in [0, 0.1) is 0 Å². The lowest BCUT2D eigenvalue weighted by Crippen LogP contribution is -1.91. The van der Waals surface area contributed by atoms with E-state index < -0.39 is 0 Å². The molecule has 0 atom stereocenters. The van der Waals surface area contributed by atoms with Gasteiger partial charge in [-0.3, -0.25) is 0 Å². The quantitative estimate of drug-likeness (QED) is 0.167. The molecule has 11 aromatic carbocycles. The molecule has 50 heavy (non-hydrogen) atoms. The van der Waals surface area contributed by atoms with E-state index in [1.165, 1.54) is 108 Å². The molecule has 0 bridgehead atoms. The first-order chi connectivity index (χ1) is 24.8. The Morgan fingerprint density at radius 3 is 1.00 bits per heavy atom. The molecular formula is C50H30. The maximum atomic E-state index is 2.47. The number of hydrogen-bond acceptors (Lipinski definition) is 0. The van der Waals surface area contributed by atoms with Crippen LogP contribution in [-0.2, 0) is 0 Å². The average molecular weight is 631 g/mol. The van der Waals surface area contributed by atoms with E-state index in [0.29, 0.717) is 0 Å². The van der Waals surface area contributed by atoms with Crippen molar-refractivity contribution in [3.63, 3.8) is 0 Å². The molecule has 0 aliphatic carbocycles. The van der Waals surface area contributed by atoms with Gasteiger partial charge in [-0.05, 0) is 127 Å². The highest BCUT2D eigenvalue weighted by atomic mass is 14.2. The summed E-state index contributed by atoms with van der Waals surface area (Å²) in [6, 6.07) is 67.6. The summed E-state index contributed by atoms with van der Waals surface area (Å²) < 4.78 is 0. The summed E-state index contributed by atoms with van der Waals surface area (Å²) in [5.74, 6) is 0. The fourth-order valence-corrected chi connectivity index (χ4v) is 8.84. The molecule has 0 saturated carbocycles. The molecule has 0 heterocycles. The van der Waals surface area contributed by atoms with E-state index in [1.807, 2.05) is 0 Å². The smallest absolute Gasteiger partial charge is 0.00137 e. The standard InChI is InChI=1S/C50H30/c1-2-14-31(15-3-1)44-29-46-39-22-7-5-20-37(39)45(30-47(46)38-21-6-4-19-36(38)44)32-26-27-40-35-18-10-12-24-42(35)49-41-23-11-8-16-33(41)34-17-9-13-25-43(34)50(49)48(40)28-32/h1-30H. The van der Waals surface area contributed by atoms with Crippen molar-refractivity contribution in [3.8, 4) is 22.3 Å². The molecule has 230 valence electrons. The van der Waals surface area contributed by atoms with Gasteiger partial charge >= 0.3 is 0 Å². The summed E-state index contributed by atoms with van der Waals surface area (Å²) in [4.78, 5) is 0. The van der Waals surface area contributed by atoms with Gasteiger partial charge in [-0.15, -0.1) is 0 Å². The van der Waals surface area contributed by atoms with Crippen molar-refractivity contribution in [3.05, 3.63) is 182 Å². The molecule has 0 unspecified atom stereocenters. The lowest BCUT2D eigenvalue weighted by Gasteiger charge is -2.18. The molecular weight excluding hydrogens is 601 g/mol. The van der Waals surface area contributed by atoms with Gasteiger partial charge in [-0.1, -0.05) is 164 Å². The monoisotopic (exact) mass is 630 g/mol. The van der Waals surface area contributed by atoms with Crippen molar-refractivity contribution in [2.45, 2.75) is 0 Å². The van der Waals surface area contributed by atoms with E-state index >= 15 is 0 Å². The van der Waals surface area contributed by atoms with Gasteiger partial charge in [0.05, 0.1) is 0 Å². The highest BCUT2D eigenvalue weighted by molar-refractivity contribution is 6.39. The summed E-state index contributed by atoms with van der Waals surface area (Å²) in [5.41, 5.74) is 5.02. The molecule has 0 aliphatic rings. The molecule has 11 aromatic rings. The minimum atomic E-state index is 1.24. The Morgan fingerprint density at radius 1 is 0.180 bits per heavy atom. The Labute approximate surface area is 289 Å². The fraction of sp³-hybridized carbons (Fsp3) is 0. The van der Waals surface area contributed by atoms with Gasteiger partial charge in [0.15, 0.2) is 0 Å². The average Bonchev–Trinajstić information content (AvgIpc) is 3.20. The maximum Gasteiger partial charge on any atom is -0.00137 e. The minimum absolute atomic E-state index is 1.24. The van der Waals surface area contributed by atoms with Crippen molar-refractivity contribution in [1.29, 1.82) is 0 Å². The molecule has 0 nitrogen and oxygen atoms in total. The van der Waals surface area contributed by atoms with Gasteiger partial charge in [0.1, 0.15) is 0 Å². The summed E-state index contributed by atoms with van der Waals surface area (Å²) in [6.45, 7) is 0. The third kappa shape index (κ3) is 3.82. The number of rotatable bonds is 2. The largest absolute Gasteiger partial charge is 0.0622 e. The lowest BCUT2D eigenvalue weighted by molar-refractivity contribution is 1.67. The molecule has 0 saturated heterocycles. The Bertz CT molecular complexity index is 3170. The van der Waals surface area contributed by atoms with E-state index in [9.17, 15) is 0 Å². The second-order valence-electron chi connectivity index (χ2n) is 13.5. The topological polar surface area (TPSA) is 0 Å². The van der Waals surface area contributed by atoms with Gasteiger partial charge in [0, 0.05) is 0 Å². The fourth-order valence-electron chi connectivity index (χ4n) is 8.84. The van der Waals surface area contributed by atoms with Gasteiger partial charge < -0.3 is 0 Å². The first kappa shape index (κ1) is 27.5. The van der Waals surface area contributed by atoms with Gasteiger partial charge in [-0.25, -0.2) is 0 Å². The van der Waals surface area contributed by atoms with E-state index in [2.05, 4.69) is 182 Å². The van der Waals surface area contributed by atoms with Gasteiger partial charge in [-0.2, -0.15) is 0 Å². The Hall–Kier alpha value is -6.50. The van der Waals surface area contributed by atoms with E-state index in [0.717, 1.165) is 0 Å². The first-order valence-corrected chi connectivity index (χ1v) is 17.4. The van der Waals surface area contributed by atoms with Crippen LogP contribution in [0.4, 0.5) is 0 Å². The van der Waals surface area contributed by atoms with E-state index in [-0.39, 0.29) is 0 Å². The van der Waals surface area contributed by atoms with E-state index in [4.69, 9.17) is 0 Å².